The summed E-state index contributed by atoms with van der Waals surface area (Å²) in [5.74, 6) is -4.57. The maximum absolute atomic E-state index is 14.0. The van der Waals surface area contributed by atoms with E-state index in [1.165, 1.54) is 0 Å². The van der Waals surface area contributed by atoms with Crippen molar-refractivity contribution in [2.75, 3.05) is 81.9 Å². The highest BCUT2D eigenvalue weighted by molar-refractivity contribution is 8.00. The lowest BCUT2D eigenvalue weighted by Gasteiger charge is -2.51. The van der Waals surface area contributed by atoms with Crippen molar-refractivity contribution in [2.24, 2.45) is 0 Å². The fourth-order valence-corrected chi connectivity index (χ4v) is 18.0. The van der Waals surface area contributed by atoms with E-state index in [0.717, 1.165) is 54.1 Å². The normalized spacial score (nSPS) is 35.6. The molecule has 0 aromatic heterocycles. The number of carbonyl (C=O) groups excluding carboxylic acids is 3. The Labute approximate surface area is 666 Å². The zero-order chi connectivity index (χ0) is 86.5. The maximum atomic E-state index is 14.0. The van der Waals surface area contributed by atoms with E-state index in [0.29, 0.717) is 33.5 Å². The molecule has 0 radical (unpaired) electrons. The number of urea groups is 1. The first-order chi connectivity index (χ1) is 53.9. The summed E-state index contributed by atoms with van der Waals surface area (Å²) in [5.41, 5.74) is 0. The van der Waals surface area contributed by atoms with Crippen molar-refractivity contribution in [3.63, 3.8) is 0 Å². The number of ether oxygens (including phenoxy) is 16. The van der Waals surface area contributed by atoms with Gasteiger partial charge in [-0.3, -0.25) is 41.5 Å². The average molecular weight is 1850 g/mol. The van der Waals surface area contributed by atoms with Crippen LogP contribution in [0.25, 0.3) is 0 Å². The number of hydrogen-bond acceptors (Lipinski definition) is 43. The Morgan fingerprint density at radius 2 is 0.784 bits per heavy atom. The predicted octanol–water partition coefficient (Wildman–Crippen LogP) is -6.85. The van der Waals surface area contributed by atoms with E-state index in [4.69, 9.17) is 84.2 Å². The third kappa shape index (κ3) is 28.8. The standard InChI is InChI=1S/C53H88N4O51S8/c1-86-30-22(17-93-110(65,66)67)96-48(29(33(30)87-2)56-27(59)15-9-8-12-16-54-26(58)14-11-10-13-25-28-21(20-109-25)55-53(64)57-28)101-36-34(88-3)42(90-5)50(103-40(36)46(60)61)100-32-24(19-95-112(71,72)73)98-52(45(108-116(83,84)85)39(32)106-114(77,78)79)102-37-35(89-4)43(91-6)51(104-41(37)47(62)63)99-31-23(18-94-111(68,69)70)97-49(92-7)44(107-115(80,81)82)38(31)105-113(74,75)76/h21-25,28-45,48-52H,8-20H2,1-7H3,(H,54,58)(H,56,59)(H,60,61)(H,62,63)(H2,55,57,64)(H,65,66,67)(H,68,69,70)(H,71,72,73)(H,74,75,76)(H,77,78,79)(H,80,81,82)(H,83,84,85)/t21-,22+,23+,24+,25-,28-,29+,30+,31+,32+,33+,34-,35-,36-,37-,38-,39-,40-,41+,42+,43+,44+,45+,48+,49-,50+,51+,52+/m0/s1. The van der Waals surface area contributed by atoms with Crippen LogP contribution in [0.3, 0.4) is 0 Å². The van der Waals surface area contributed by atoms with Crippen LogP contribution in [-0.4, -0.2) is 383 Å². The molecule has 55 nitrogen and oxygen atoms in total. The average Bonchev–Trinajstić information content (AvgIpc) is 0.845. The molecule has 7 aliphatic rings. The predicted molar refractivity (Wildman–Crippen MR) is 365 cm³/mol. The number of fused-ring (bicyclic) bond motifs is 1. The van der Waals surface area contributed by atoms with Gasteiger partial charge in [-0.1, -0.05) is 12.8 Å². The molecule has 0 aliphatic carbocycles. The zero-order valence-corrected chi connectivity index (χ0v) is 67.8. The summed E-state index contributed by atoms with van der Waals surface area (Å²) in [5, 5.41) is 33.3. The first-order valence-electron chi connectivity index (χ1n) is 33.7. The molecule has 7 saturated heterocycles. The number of unbranched alkanes of at least 4 members (excludes halogenated alkanes) is 3. The Balaban J connectivity index is 1.18. The van der Waals surface area contributed by atoms with Crippen LogP contribution in [0.5, 0.6) is 0 Å². The van der Waals surface area contributed by atoms with Gasteiger partial charge in [-0.05, 0) is 25.7 Å². The minimum absolute atomic E-state index is 0.0139. The molecule has 63 heteroatoms. The van der Waals surface area contributed by atoms with E-state index in [2.05, 4.69) is 42.2 Å². The molecule has 674 valence electrons. The summed E-state index contributed by atoms with van der Waals surface area (Å²) >= 11 is 1.75. The lowest BCUT2D eigenvalue weighted by atomic mass is 9.94. The van der Waals surface area contributed by atoms with Crippen LogP contribution in [0.4, 0.5) is 4.79 Å². The van der Waals surface area contributed by atoms with Gasteiger partial charge in [-0.2, -0.15) is 70.7 Å². The van der Waals surface area contributed by atoms with Crippen molar-refractivity contribution in [2.45, 2.75) is 222 Å². The highest BCUT2D eigenvalue weighted by Crippen LogP contribution is 2.42. The monoisotopic (exact) mass is 1850 g/mol. The third-order valence-corrected chi connectivity index (χ3v) is 22.9. The van der Waals surface area contributed by atoms with Crippen molar-refractivity contribution in [3.8, 4) is 0 Å². The van der Waals surface area contributed by atoms with E-state index >= 15 is 0 Å². The highest BCUT2D eigenvalue weighted by atomic mass is 32.3. The van der Waals surface area contributed by atoms with Gasteiger partial charge in [0.05, 0.1) is 31.9 Å². The zero-order valence-electron chi connectivity index (χ0n) is 61.3. The SMILES string of the molecule is CO[C@H]1O[C@H](COS(=O)(=O)O)[C@@H](O[C@@H]2O[C@@H](C(=O)O)[C@@H](O[C@H]3O[C@H](COS(=O)(=O)O)[C@@H](O[C@@H]4O[C@H](C(=O)O)[C@@H](O[C@H]5O[C@H](COS(=O)(=O)O)[C@@H](OC)[C@H](OC)[C@H]5NC(=O)CCCCCNC(=O)CCCC[C@@H]5SC[C@@H]6NC(=O)N[C@@H]65)[C@H](OC)[C@H]4OC)[C@H](OS(=O)(=O)O)[C@H]3OS(=O)(=O)O)[C@H](OC)[C@H]2OC)[C@H](OS(=O)(=O)O)[C@H]1OS(=O)(=O)O. The number of hydrogen-bond donors (Lipinski definition) is 13. The molecular formula is C53H88N4O51S8. The van der Waals surface area contributed by atoms with Crippen LogP contribution in [0, 0.1) is 0 Å². The van der Waals surface area contributed by atoms with Crippen molar-refractivity contribution in [1.29, 1.82) is 0 Å². The maximum Gasteiger partial charge on any atom is 0.397 e. The number of carbonyl (C=O) groups is 5. The van der Waals surface area contributed by atoms with Crippen molar-refractivity contribution in [3.05, 3.63) is 0 Å². The van der Waals surface area contributed by atoms with Crippen LogP contribution in [-0.2, 0) is 197 Å². The molecule has 7 heterocycles. The van der Waals surface area contributed by atoms with Crippen LogP contribution < -0.4 is 21.3 Å². The molecule has 28 atom stereocenters. The fraction of sp³-hybridized carbons (Fsp3) is 0.906. The molecule has 7 rings (SSSR count). The quantitative estimate of drug-likeness (QED) is 0.0153. The number of rotatable bonds is 46. The largest absolute Gasteiger partial charge is 0.479 e. The molecule has 4 amide bonds. The summed E-state index contributed by atoms with van der Waals surface area (Å²) < 4.78 is 366. The second-order valence-corrected chi connectivity index (χ2v) is 34.4. The number of thioether (sulfide) groups is 1. The topological polar surface area (TPSA) is 767 Å². The van der Waals surface area contributed by atoms with Gasteiger partial charge in [0.1, 0.15) is 97.6 Å². The summed E-state index contributed by atoms with van der Waals surface area (Å²) in [6.45, 7) is -4.26. The first-order valence-corrected chi connectivity index (χ1v) is 44.3. The summed E-state index contributed by atoms with van der Waals surface area (Å²) in [6.07, 6.45) is -56.2. The van der Waals surface area contributed by atoms with Crippen LogP contribution in [0.15, 0.2) is 0 Å². The molecule has 0 bridgehead atoms. The molecule has 7 fully saturated rings. The highest BCUT2D eigenvalue weighted by Gasteiger charge is 2.63. The Bertz CT molecular complexity index is 4140. The number of aliphatic carboxylic acids is 2. The fourth-order valence-electron chi connectivity index (χ4n) is 13.6. The molecule has 0 aromatic rings. The summed E-state index contributed by atoms with van der Waals surface area (Å²) in [4.78, 5) is 65.5. The van der Waals surface area contributed by atoms with Gasteiger partial charge in [0.25, 0.3) is 0 Å². The second-order valence-electron chi connectivity index (χ2n) is 25.7. The Hall–Kier alpha value is -4.05. The first kappa shape index (κ1) is 99.1. The van der Waals surface area contributed by atoms with Gasteiger partial charge in [0.15, 0.2) is 55.9 Å². The van der Waals surface area contributed by atoms with Crippen molar-refractivity contribution in [1.82, 2.24) is 21.3 Å². The lowest BCUT2D eigenvalue weighted by molar-refractivity contribution is -0.385. The summed E-state index contributed by atoms with van der Waals surface area (Å²) in [6, 6.07) is -1.81. The van der Waals surface area contributed by atoms with Gasteiger partial charge in [-0.25, -0.2) is 43.7 Å². The number of methoxy groups -OCH3 is 7. The molecule has 0 unspecified atom stereocenters. The molecule has 13 N–H and O–H groups in total. The van der Waals surface area contributed by atoms with Crippen LogP contribution in [0.1, 0.15) is 51.4 Å². The molecule has 7 aliphatic heterocycles. The van der Waals surface area contributed by atoms with E-state index in [-0.39, 0.29) is 55.1 Å². The number of carboxylic acid groups (broad SMARTS) is 2. The molecule has 0 saturated carbocycles. The molecule has 116 heavy (non-hydrogen) atoms. The van der Waals surface area contributed by atoms with Crippen LogP contribution in [0.2, 0.25) is 0 Å². The smallest absolute Gasteiger partial charge is 0.397 e. The number of amides is 4. The Morgan fingerprint density at radius 1 is 0.405 bits per heavy atom. The van der Waals surface area contributed by atoms with E-state index < -0.39 is 264 Å². The Morgan fingerprint density at radius 3 is 1.21 bits per heavy atom. The Kier molecular flexibility index (Phi) is 36.2. The second kappa shape index (κ2) is 42.4. The molecular weight excluding hydrogens is 1770 g/mol. The van der Waals surface area contributed by atoms with E-state index in [9.17, 15) is 125 Å². The number of carboxylic acids is 2. The minimum Gasteiger partial charge on any atom is -0.479 e. The van der Waals surface area contributed by atoms with E-state index in [1.54, 1.807) is 11.8 Å². The minimum atomic E-state index is -6.27. The van der Waals surface area contributed by atoms with Gasteiger partial charge in [0.2, 0.25) is 11.8 Å². The lowest BCUT2D eigenvalue weighted by Crippen LogP contribution is -2.70. The van der Waals surface area contributed by atoms with Gasteiger partial charge >= 0.3 is 90.8 Å². The summed E-state index contributed by atoms with van der Waals surface area (Å²) in [7, 11) is -35.0. The van der Waals surface area contributed by atoms with Gasteiger partial charge < -0.3 is 107 Å². The van der Waals surface area contributed by atoms with Crippen molar-refractivity contribution < 1.29 is 230 Å². The van der Waals surface area contributed by atoms with Crippen LogP contribution >= 0.6 is 11.8 Å². The third-order valence-electron chi connectivity index (χ3n) is 18.2. The van der Waals surface area contributed by atoms with Crippen molar-refractivity contribution >= 4 is 114 Å². The van der Waals surface area contributed by atoms with E-state index in [1.807, 2.05) is 0 Å². The number of nitrogens with one attached hydrogen (secondary N) is 4. The molecule has 0 aromatic carbocycles. The molecule has 0 spiro atoms. The van der Waals surface area contributed by atoms with Gasteiger partial charge in [-0.15, -0.1) is 0 Å². The van der Waals surface area contributed by atoms with Gasteiger partial charge in [0, 0.05) is 80.2 Å².